The molecule has 2 N–H and O–H groups in total. The maximum absolute atomic E-state index is 11.5. The molecule has 130 valence electrons. The molecule has 1 aliphatic rings. The molecule has 0 aromatic heterocycles. The maximum atomic E-state index is 11.5. The molecule has 1 atom stereocenters. The van der Waals surface area contributed by atoms with Gasteiger partial charge in [-0.05, 0) is 72.1 Å². The van der Waals surface area contributed by atoms with E-state index in [1.165, 1.54) is 38.9 Å². The molecule has 0 aromatic carbocycles. The van der Waals surface area contributed by atoms with Crippen molar-refractivity contribution in [2.24, 2.45) is 5.92 Å². The highest BCUT2D eigenvalue weighted by atomic mass is 16.6. The summed E-state index contributed by atoms with van der Waals surface area (Å²) in [5, 5.41) is 6.26. The number of alkyl carbamates (subject to hydrolysis) is 1. The number of rotatable bonds is 8. The Balaban J connectivity index is 1.95. The average molecular weight is 313 g/mol. The summed E-state index contributed by atoms with van der Waals surface area (Å²) < 4.78 is 5.19. The van der Waals surface area contributed by atoms with Gasteiger partial charge < -0.3 is 20.3 Å². The van der Waals surface area contributed by atoms with Gasteiger partial charge in [-0.3, -0.25) is 0 Å². The van der Waals surface area contributed by atoms with E-state index >= 15 is 0 Å². The number of piperidine rings is 1. The summed E-state index contributed by atoms with van der Waals surface area (Å²) in [5.41, 5.74) is -0.424. The van der Waals surface area contributed by atoms with E-state index in [0.29, 0.717) is 12.5 Å². The van der Waals surface area contributed by atoms with E-state index in [1.807, 2.05) is 20.8 Å². The summed E-state index contributed by atoms with van der Waals surface area (Å²) in [6.07, 6.45) is 4.71. The lowest BCUT2D eigenvalue weighted by atomic mass is 10.1. The number of likely N-dealkylation sites (tertiary alicyclic amines) is 1. The Kier molecular flexibility index (Phi) is 8.79. The fraction of sp³-hybridized carbons (Fsp3) is 0.941. The van der Waals surface area contributed by atoms with E-state index in [0.717, 1.165) is 19.5 Å². The second-order valence-corrected chi connectivity index (χ2v) is 7.45. The van der Waals surface area contributed by atoms with Gasteiger partial charge in [-0.25, -0.2) is 4.79 Å². The summed E-state index contributed by atoms with van der Waals surface area (Å²) in [6.45, 7) is 14.3. The molecule has 5 heteroatoms. The number of amides is 1. The second kappa shape index (κ2) is 10.1. The van der Waals surface area contributed by atoms with Crippen LogP contribution in [0.3, 0.4) is 0 Å². The molecular formula is C17H35N3O2. The minimum absolute atomic E-state index is 0.328. The molecule has 0 saturated carbocycles. The summed E-state index contributed by atoms with van der Waals surface area (Å²) >= 11 is 0. The summed E-state index contributed by atoms with van der Waals surface area (Å²) in [6, 6.07) is 0. The van der Waals surface area contributed by atoms with Gasteiger partial charge in [-0.1, -0.05) is 13.3 Å². The van der Waals surface area contributed by atoms with Gasteiger partial charge in [0.15, 0.2) is 0 Å². The molecule has 22 heavy (non-hydrogen) atoms. The van der Waals surface area contributed by atoms with Crippen molar-refractivity contribution in [2.45, 2.75) is 59.0 Å². The fourth-order valence-electron chi connectivity index (χ4n) is 2.71. The van der Waals surface area contributed by atoms with Crippen LogP contribution in [0.2, 0.25) is 0 Å². The Hall–Kier alpha value is -0.810. The zero-order valence-electron chi connectivity index (χ0n) is 14.9. The first kappa shape index (κ1) is 19.2. The first-order valence-corrected chi connectivity index (χ1v) is 8.77. The second-order valence-electron chi connectivity index (χ2n) is 7.45. The molecule has 0 aromatic rings. The molecule has 1 heterocycles. The topological polar surface area (TPSA) is 53.6 Å². The van der Waals surface area contributed by atoms with Crippen LogP contribution in [-0.4, -0.2) is 55.9 Å². The van der Waals surface area contributed by atoms with E-state index in [4.69, 9.17) is 4.74 Å². The Bertz CT molecular complexity index is 310. The van der Waals surface area contributed by atoms with Crippen molar-refractivity contribution in [2.75, 3.05) is 39.3 Å². The molecule has 1 fully saturated rings. The fourth-order valence-corrected chi connectivity index (χ4v) is 2.71. The van der Waals surface area contributed by atoms with Crippen molar-refractivity contribution in [3.8, 4) is 0 Å². The third-order valence-electron chi connectivity index (χ3n) is 3.71. The number of carbonyl (C=O) groups is 1. The number of ether oxygens (including phenoxy) is 1. The maximum Gasteiger partial charge on any atom is 0.407 e. The van der Waals surface area contributed by atoms with E-state index < -0.39 is 5.60 Å². The van der Waals surface area contributed by atoms with E-state index in [9.17, 15) is 4.79 Å². The van der Waals surface area contributed by atoms with Crippen molar-refractivity contribution in [3.05, 3.63) is 0 Å². The van der Waals surface area contributed by atoms with Gasteiger partial charge in [0.25, 0.3) is 0 Å². The smallest absolute Gasteiger partial charge is 0.407 e. The van der Waals surface area contributed by atoms with Crippen LogP contribution in [-0.2, 0) is 4.74 Å². The van der Waals surface area contributed by atoms with E-state index in [2.05, 4.69) is 22.5 Å². The predicted molar refractivity (Wildman–Crippen MR) is 91.2 cm³/mol. The first-order chi connectivity index (χ1) is 10.4. The zero-order chi connectivity index (χ0) is 16.4. The first-order valence-electron chi connectivity index (χ1n) is 8.77. The van der Waals surface area contributed by atoms with Crippen LogP contribution in [0.5, 0.6) is 0 Å². The van der Waals surface area contributed by atoms with Crippen LogP contribution < -0.4 is 10.6 Å². The number of nitrogens with one attached hydrogen (secondary N) is 2. The molecule has 0 radical (unpaired) electrons. The Morgan fingerprint density at radius 1 is 1.18 bits per heavy atom. The lowest BCUT2D eigenvalue weighted by Crippen LogP contribution is -2.37. The Labute approximate surface area is 136 Å². The van der Waals surface area contributed by atoms with Gasteiger partial charge in [0, 0.05) is 13.1 Å². The van der Waals surface area contributed by atoms with E-state index in [-0.39, 0.29) is 6.09 Å². The van der Waals surface area contributed by atoms with Gasteiger partial charge in [0.05, 0.1) is 0 Å². The van der Waals surface area contributed by atoms with Gasteiger partial charge in [-0.2, -0.15) is 0 Å². The Morgan fingerprint density at radius 2 is 1.86 bits per heavy atom. The predicted octanol–water partition coefficient (Wildman–Crippen LogP) is 2.61. The summed E-state index contributed by atoms with van der Waals surface area (Å²) in [5.74, 6) is 0.678. The number of hydrogen-bond donors (Lipinski definition) is 2. The minimum atomic E-state index is -0.424. The van der Waals surface area contributed by atoms with Crippen LogP contribution in [0.25, 0.3) is 0 Å². The number of nitrogens with zero attached hydrogens (tertiary/aromatic N) is 1. The SMILES string of the molecule is CC(CNCCCNC(=O)OC(C)(C)C)CN1CCCCC1. The largest absolute Gasteiger partial charge is 0.444 e. The third-order valence-corrected chi connectivity index (χ3v) is 3.71. The highest BCUT2D eigenvalue weighted by molar-refractivity contribution is 5.67. The summed E-state index contributed by atoms with van der Waals surface area (Å²) in [7, 11) is 0. The minimum Gasteiger partial charge on any atom is -0.444 e. The van der Waals surface area contributed by atoms with Crippen LogP contribution in [0, 0.1) is 5.92 Å². The molecular weight excluding hydrogens is 278 g/mol. The highest BCUT2D eigenvalue weighted by Crippen LogP contribution is 2.10. The van der Waals surface area contributed by atoms with Gasteiger partial charge >= 0.3 is 6.09 Å². The molecule has 1 amide bonds. The third kappa shape index (κ3) is 10.0. The highest BCUT2D eigenvalue weighted by Gasteiger charge is 2.15. The van der Waals surface area contributed by atoms with Crippen molar-refractivity contribution >= 4 is 6.09 Å². The average Bonchev–Trinajstić information content (AvgIpc) is 2.42. The van der Waals surface area contributed by atoms with Crippen LogP contribution >= 0.6 is 0 Å². The van der Waals surface area contributed by atoms with Gasteiger partial charge in [0.1, 0.15) is 5.60 Å². The standard InChI is InChI=1S/C17H35N3O2/c1-15(14-20-11-6-5-7-12-20)13-18-9-8-10-19-16(21)22-17(2,3)4/h15,18H,5-14H2,1-4H3,(H,19,21). The van der Waals surface area contributed by atoms with Crippen molar-refractivity contribution < 1.29 is 9.53 Å². The number of carbonyl (C=O) groups excluding carboxylic acids is 1. The molecule has 1 unspecified atom stereocenters. The van der Waals surface area contributed by atoms with Crippen LogP contribution in [0.4, 0.5) is 4.79 Å². The van der Waals surface area contributed by atoms with Crippen molar-refractivity contribution in [1.82, 2.24) is 15.5 Å². The molecule has 1 saturated heterocycles. The molecule has 5 nitrogen and oxygen atoms in total. The molecule has 1 aliphatic heterocycles. The van der Waals surface area contributed by atoms with Gasteiger partial charge in [-0.15, -0.1) is 0 Å². The molecule has 0 bridgehead atoms. The van der Waals surface area contributed by atoms with Crippen LogP contribution in [0.1, 0.15) is 53.4 Å². The number of hydrogen-bond acceptors (Lipinski definition) is 4. The molecule has 1 rings (SSSR count). The van der Waals surface area contributed by atoms with Crippen molar-refractivity contribution in [3.63, 3.8) is 0 Å². The summed E-state index contributed by atoms with van der Waals surface area (Å²) in [4.78, 5) is 14.0. The normalized spacial score (nSPS) is 18.0. The molecule has 0 aliphatic carbocycles. The van der Waals surface area contributed by atoms with Crippen LogP contribution in [0.15, 0.2) is 0 Å². The Morgan fingerprint density at radius 3 is 2.50 bits per heavy atom. The monoisotopic (exact) mass is 313 g/mol. The molecule has 0 spiro atoms. The van der Waals surface area contributed by atoms with Crippen molar-refractivity contribution in [1.29, 1.82) is 0 Å². The van der Waals surface area contributed by atoms with E-state index in [1.54, 1.807) is 0 Å². The lowest BCUT2D eigenvalue weighted by Gasteiger charge is -2.29. The zero-order valence-corrected chi connectivity index (χ0v) is 14.9. The lowest BCUT2D eigenvalue weighted by molar-refractivity contribution is 0.0527. The quantitative estimate of drug-likeness (QED) is 0.676. The van der Waals surface area contributed by atoms with Gasteiger partial charge in [0.2, 0.25) is 0 Å².